The minimum absolute atomic E-state index is 0.197. The van der Waals surface area contributed by atoms with Gasteiger partial charge in [0.2, 0.25) is 0 Å². The van der Waals surface area contributed by atoms with Gasteiger partial charge in [-0.1, -0.05) is 25.7 Å². The molecule has 3 saturated heterocycles. The van der Waals surface area contributed by atoms with E-state index in [0.717, 1.165) is 13.2 Å². The third kappa shape index (κ3) is 1.32. The Balaban J connectivity index is 1.51. The molecule has 0 aromatic heterocycles. The molecule has 0 N–H and O–H groups in total. The summed E-state index contributed by atoms with van der Waals surface area (Å²) in [5, 5.41) is 0. The highest BCUT2D eigenvalue weighted by atomic mass is 16.6. The summed E-state index contributed by atoms with van der Waals surface area (Å²) in [5.41, 5.74) is 0.662. The van der Waals surface area contributed by atoms with Crippen LogP contribution in [0.1, 0.15) is 58.3 Å². The maximum atomic E-state index is 6.26. The predicted molar refractivity (Wildman–Crippen MR) is 75.0 cm³/mol. The van der Waals surface area contributed by atoms with Gasteiger partial charge in [-0.25, -0.2) is 0 Å². The molecular weight excluding hydrogens is 252 g/mol. The second-order valence-electron chi connectivity index (χ2n) is 7.71. The molecule has 2 atom stereocenters. The fourth-order valence-electron chi connectivity index (χ4n) is 5.99. The first-order valence-electron chi connectivity index (χ1n) is 8.56. The van der Waals surface area contributed by atoms with Crippen LogP contribution in [0.5, 0.6) is 0 Å². The lowest BCUT2D eigenvalue weighted by atomic mass is 9.95. The van der Waals surface area contributed by atoms with Crippen molar-refractivity contribution in [3.05, 3.63) is 0 Å². The Hall–Kier alpha value is -0.160. The fraction of sp³-hybridized carbons (Fsp3) is 1.00. The number of hydrogen-bond donors (Lipinski definition) is 0. The van der Waals surface area contributed by atoms with Crippen LogP contribution < -0.4 is 0 Å². The molecule has 20 heavy (non-hydrogen) atoms. The highest BCUT2D eigenvalue weighted by Crippen LogP contribution is 2.54. The van der Waals surface area contributed by atoms with Crippen molar-refractivity contribution in [2.45, 2.75) is 88.0 Å². The van der Waals surface area contributed by atoms with Crippen LogP contribution in [-0.4, -0.2) is 52.7 Å². The first-order chi connectivity index (χ1) is 9.76. The van der Waals surface area contributed by atoms with Gasteiger partial charge in [-0.3, -0.25) is 9.80 Å². The van der Waals surface area contributed by atoms with Crippen molar-refractivity contribution in [1.29, 1.82) is 0 Å². The molecule has 0 radical (unpaired) electrons. The van der Waals surface area contributed by atoms with E-state index in [-0.39, 0.29) is 12.5 Å². The van der Waals surface area contributed by atoms with Crippen molar-refractivity contribution in [3.63, 3.8) is 0 Å². The molecular formula is C16H26N2O2. The Morgan fingerprint density at radius 1 is 0.750 bits per heavy atom. The van der Waals surface area contributed by atoms with Crippen molar-refractivity contribution >= 4 is 0 Å². The quantitative estimate of drug-likeness (QED) is 0.679. The van der Waals surface area contributed by atoms with Crippen molar-refractivity contribution in [2.75, 3.05) is 13.2 Å². The van der Waals surface area contributed by atoms with Crippen LogP contribution in [0.4, 0.5) is 0 Å². The summed E-state index contributed by atoms with van der Waals surface area (Å²) >= 11 is 0. The lowest BCUT2D eigenvalue weighted by Gasteiger charge is -2.41. The van der Waals surface area contributed by atoms with Gasteiger partial charge >= 0.3 is 0 Å². The SMILES string of the molecule is CC1N2C(OCC23CCCC3)C2OCC3(CCCC3)N21. The molecule has 5 rings (SSSR count). The number of hydrogen-bond acceptors (Lipinski definition) is 4. The van der Waals surface area contributed by atoms with Gasteiger partial charge in [0.15, 0.2) is 12.5 Å². The van der Waals surface area contributed by atoms with Crippen LogP contribution >= 0.6 is 0 Å². The summed E-state index contributed by atoms with van der Waals surface area (Å²) in [6.07, 6.45) is 11.7. The molecule has 5 aliphatic rings. The van der Waals surface area contributed by atoms with Crippen LogP contribution in [0.3, 0.4) is 0 Å². The Morgan fingerprint density at radius 3 is 1.55 bits per heavy atom. The summed E-state index contributed by atoms with van der Waals surface area (Å²) < 4.78 is 12.5. The summed E-state index contributed by atoms with van der Waals surface area (Å²) in [6.45, 7) is 4.27. The molecule has 0 amide bonds. The number of ether oxygens (including phenoxy) is 2. The summed E-state index contributed by atoms with van der Waals surface area (Å²) in [6, 6.07) is 0. The average molecular weight is 278 g/mol. The number of rotatable bonds is 0. The Morgan fingerprint density at radius 2 is 1.15 bits per heavy atom. The van der Waals surface area contributed by atoms with Crippen molar-refractivity contribution in [1.82, 2.24) is 9.80 Å². The molecule has 5 fully saturated rings. The van der Waals surface area contributed by atoms with Crippen molar-refractivity contribution < 1.29 is 9.47 Å². The zero-order valence-electron chi connectivity index (χ0n) is 12.5. The van der Waals surface area contributed by atoms with Gasteiger partial charge in [-0.2, -0.15) is 0 Å². The molecule has 2 aliphatic carbocycles. The maximum Gasteiger partial charge on any atom is 0.152 e. The van der Waals surface area contributed by atoms with Gasteiger partial charge in [0, 0.05) is 11.1 Å². The molecule has 3 aliphatic heterocycles. The molecule has 2 unspecified atom stereocenters. The van der Waals surface area contributed by atoms with E-state index in [9.17, 15) is 0 Å². The van der Waals surface area contributed by atoms with Gasteiger partial charge in [-0.05, 0) is 32.6 Å². The Bertz CT molecular complexity index is 377. The van der Waals surface area contributed by atoms with Gasteiger partial charge in [0.05, 0.1) is 19.4 Å². The van der Waals surface area contributed by atoms with Crippen molar-refractivity contribution in [3.8, 4) is 0 Å². The van der Waals surface area contributed by atoms with E-state index in [1.165, 1.54) is 51.4 Å². The molecule has 2 spiro atoms. The van der Waals surface area contributed by atoms with Crippen LogP contribution in [0.2, 0.25) is 0 Å². The van der Waals surface area contributed by atoms with E-state index in [1.54, 1.807) is 0 Å². The zero-order valence-corrected chi connectivity index (χ0v) is 12.5. The third-order valence-electron chi connectivity index (χ3n) is 6.81. The van der Waals surface area contributed by atoms with Gasteiger partial charge in [0.25, 0.3) is 0 Å². The highest BCUT2D eigenvalue weighted by Gasteiger charge is 2.66. The monoisotopic (exact) mass is 278 g/mol. The maximum absolute atomic E-state index is 6.26. The van der Waals surface area contributed by atoms with E-state index in [4.69, 9.17) is 9.47 Å². The fourth-order valence-corrected chi connectivity index (χ4v) is 5.99. The van der Waals surface area contributed by atoms with Crippen LogP contribution in [0.25, 0.3) is 0 Å². The first kappa shape index (κ1) is 12.4. The molecule has 0 bridgehead atoms. The molecule has 3 heterocycles. The Labute approximate surface area is 121 Å². The van der Waals surface area contributed by atoms with E-state index < -0.39 is 0 Å². The van der Waals surface area contributed by atoms with Gasteiger partial charge < -0.3 is 9.47 Å². The summed E-state index contributed by atoms with van der Waals surface area (Å²) in [5.74, 6) is 0. The minimum Gasteiger partial charge on any atom is -0.357 e. The van der Waals surface area contributed by atoms with Crippen LogP contribution in [-0.2, 0) is 9.47 Å². The third-order valence-corrected chi connectivity index (χ3v) is 6.81. The van der Waals surface area contributed by atoms with E-state index >= 15 is 0 Å². The van der Waals surface area contributed by atoms with Crippen LogP contribution in [0.15, 0.2) is 0 Å². The van der Waals surface area contributed by atoms with E-state index in [0.29, 0.717) is 17.2 Å². The lowest BCUT2D eigenvalue weighted by molar-refractivity contribution is -0.0621. The van der Waals surface area contributed by atoms with Crippen molar-refractivity contribution in [2.24, 2.45) is 0 Å². The van der Waals surface area contributed by atoms with Gasteiger partial charge in [0.1, 0.15) is 0 Å². The topological polar surface area (TPSA) is 24.9 Å². The van der Waals surface area contributed by atoms with Gasteiger partial charge in [-0.15, -0.1) is 0 Å². The lowest BCUT2D eigenvalue weighted by Crippen LogP contribution is -2.55. The van der Waals surface area contributed by atoms with E-state index in [2.05, 4.69) is 16.7 Å². The predicted octanol–water partition coefficient (Wildman–Crippen LogP) is 2.29. The summed E-state index contributed by atoms with van der Waals surface area (Å²) in [4.78, 5) is 5.40. The average Bonchev–Trinajstić information content (AvgIpc) is 3.22. The largest absolute Gasteiger partial charge is 0.357 e. The molecule has 4 heteroatoms. The minimum atomic E-state index is 0.197. The molecule has 4 nitrogen and oxygen atoms in total. The zero-order chi connectivity index (χ0) is 13.4. The first-order valence-corrected chi connectivity index (χ1v) is 8.56. The normalized spacial score (nSPS) is 45.8. The smallest absolute Gasteiger partial charge is 0.152 e. The molecule has 0 aromatic rings. The highest BCUT2D eigenvalue weighted by molar-refractivity contribution is 5.13. The number of nitrogens with zero attached hydrogens (tertiary/aromatic N) is 2. The molecule has 2 saturated carbocycles. The number of fused-ring (bicyclic) bond motifs is 5. The van der Waals surface area contributed by atoms with E-state index in [1.807, 2.05) is 0 Å². The second kappa shape index (κ2) is 3.97. The molecule has 112 valence electrons. The molecule has 0 aromatic carbocycles. The Kier molecular flexibility index (Phi) is 2.46. The standard InChI is InChI=1S/C16H26N2O2/c1-12-17-13(19-10-15(17)6-2-3-7-15)14-18(12)16(11-20-14)8-4-5-9-16/h12-14H,2-11H2,1H3. The second-order valence-corrected chi connectivity index (χ2v) is 7.71. The van der Waals surface area contributed by atoms with Crippen LogP contribution in [0, 0.1) is 0 Å². The summed E-state index contributed by atoms with van der Waals surface area (Å²) in [7, 11) is 0.